The van der Waals surface area contributed by atoms with E-state index in [1.165, 1.54) is 6.07 Å². The minimum absolute atomic E-state index is 0.217. The Balaban J connectivity index is 3.64. The fourth-order valence-electron chi connectivity index (χ4n) is 1.17. The van der Waals surface area contributed by atoms with Crippen LogP contribution in [0.1, 0.15) is 21.5 Å². The van der Waals surface area contributed by atoms with Crippen LogP contribution in [0.5, 0.6) is 0 Å². The number of amides is 1. The normalized spacial score (nSPS) is 10.9. The van der Waals surface area contributed by atoms with Gasteiger partial charge in [0.2, 0.25) is 0 Å². The van der Waals surface area contributed by atoms with E-state index in [9.17, 15) is 18.0 Å². The molecule has 0 heterocycles. The summed E-state index contributed by atoms with van der Waals surface area (Å²) in [6.45, 7) is 0. The van der Waals surface area contributed by atoms with Gasteiger partial charge in [-0.2, -0.15) is 18.4 Å². The molecule has 1 aromatic rings. The smallest absolute Gasteiger partial charge is 0.366 e. The van der Waals surface area contributed by atoms with E-state index in [0.717, 1.165) is 12.1 Å². The highest BCUT2D eigenvalue weighted by Gasteiger charge is 2.35. The van der Waals surface area contributed by atoms with Crippen molar-refractivity contribution in [3.05, 3.63) is 32.4 Å². The summed E-state index contributed by atoms with van der Waals surface area (Å²) in [6, 6.07) is 3.23. The Hall–Kier alpha value is -1.30. The molecule has 0 aliphatic carbocycles. The summed E-state index contributed by atoms with van der Waals surface area (Å²) in [5, 5.41) is 8.67. The van der Waals surface area contributed by atoms with Gasteiger partial charge >= 0.3 is 6.18 Å². The lowest BCUT2D eigenvalue weighted by Crippen LogP contribution is -2.18. The molecule has 0 aliphatic rings. The molecule has 0 atom stereocenters. The third kappa shape index (κ3) is 2.27. The van der Waals surface area contributed by atoms with E-state index in [1.807, 2.05) is 0 Å². The summed E-state index contributed by atoms with van der Waals surface area (Å²) >= 11 is 1.65. The second kappa shape index (κ2) is 4.29. The zero-order chi connectivity index (χ0) is 12.5. The largest absolute Gasteiger partial charge is 0.417 e. The second-order valence-corrected chi connectivity index (χ2v) is 3.98. The number of carbonyl (C=O) groups is 1. The molecule has 7 heteroatoms. The molecule has 16 heavy (non-hydrogen) atoms. The fourth-order valence-corrected chi connectivity index (χ4v) is 1.89. The molecule has 1 aromatic carbocycles. The van der Waals surface area contributed by atoms with Gasteiger partial charge in [-0.05, 0) is 34.7 Å². The number of nitrogens with zero attached hydrogens (tertiary/aromatic N) is 1. The van der Waals surface area contributed by atoms with Crippen molar-refractivity contribution in [1.29, 1.82) is 5.26 Å². The first-order valence-corrected chi connectivity index (χ1v) is 4.96. The minimum atomic E-state index is -4.68. The van der Waals surface area contributed by atoms with Gasteiger partial charge in [0.05, 0.1) is 16.7 Å². The van der Waals surface area contributed by atoms with E-state index in [-0.39, 0.29) is 3.57 Å². The molecular weight excluding hydrogens is 336 g/mol. The van der Waals surface area contributed by atoms with Crippen LogP contribution >= 0.6 is 22.6 Å². The van der Waals surface area contributed by atoms with Gasteiger partial charge in [-0.15, -0.1) is 0 Å². The Morgan fingerprint density at radius 3 is 2.38 bits per heavy atom. The monoisotopic (exact) mass is 340 g/mol. The number of primary amides is 1. The van der Waals surface area contributed by atoms with Crippen molar-refractivity contribution in [2.75, 3.05) is 0 Å². The minimum Gasteiger partial charge on any atom is -0.366 e. The highest BCUT2D eigenvalue weighted by Crippen LogP contribution is 2.34. The summed E-state index contributed by atoms with van der Waals surface area (Å²) in [4.78, 5) is 11.0. The molecule has 0 radical (unpaired) electrons. The number of benzene rings is 1. The molecule has 0 aliphatic heterocycles. The van der Waals surface area contributed by atoms with Crippen LogP contribution in [-0.2, 0) is 6.18 Å². The SMILES string of the molecule is N#Cc1c(C(F)(F)F)ccc(I)c1C(N)=O. The average Bonchev–Trinajstić information content (AvgIpc) is 2.14. The number of nitriles is 1. The molecule has 0 saturated heterocycles. The number of hydrogen-bond acceptors (Lipinski definition) is 2. The quantitative estimate of drug-likeness (QED) is 0.797. The number of nitrogens with two attached hydrogens (primary N) is 1. The van der Waals surface area contributed by atoms with Gasteiger partial charge in [0.25, 0.3) is 5.91 Å². The summed E-state index contributed by atoms with van der Waals surface area (Å²) < 4.78 is 37.7. The first-order chi connectivity index (χ1) is 7.29. The van der Waals surface area contributed by atoms with E-state index in [4.69, 9.17) is 11.0 Å². The number of hydrogen-bond donors (Lipinski definition) is 1. The van der Waals surface area contributed by atoms with Crippen LogP contribution in [0.15, 0.2) is 12.1 Å². The van der Waals surface area contributed by atoms with E-state index in [0.29, 0.717) is 0 Å². The fraction of sp³-hybridized carbons (Fsp3) is 0.111. The van der Waals surface area contributed by atoms with Crippen LogP contribution in [0.3, 0.4) is 0 Å². The van der Waals surface area contributed by atoms with Gasteiger partial charge in [-0.3, -0.25) is 4.79 Å². The lowest BCUT2D eigenvalue weighted by atomic mass is 10.0. The van der Waals surface area contributed by atoms with Gasteiger partial charge in [-0.1, -0.05) is 0 Å². The number of carbonyl (C=O) groups excluding carboxylic acids is 1. The highest BCUT2D eigenvalue weighted by atomic mass is 127. The van der Waals surface area contributed by atoms with Gasteiger partial charge in [0, 0.05) is 3.57 Å². The lowest BCUT2D eigenvalue weighted by molar-refractivity contribution is -0.137. The molecule has 0 fully saturated rings. The summed E-state index contributed by atoms with van der Waals surface area (Å²) in [7, 11) is 0. The maximum atomic E-state index is 12.5. The van der Waals surface area contributed by atoms with Crippen molar-refractivity contribution >= 4 is 28.5 Å². The van der Waals surface area contributed by atoms with Crippen molar-refractivity contribution in [1.82, 2.24) is 0 Å². The highest BCUT2D eigenvalue weighted by molar-refractivity contribution is 14.1. The van der Waals surface area contributed by atoms with Gasteiger partial charge in [0.15, 0.2) is 0 Å². The molecule has 3 nitrogen and oxygen atoms in total. The third-order valence-corrected chi connectivity index (χ3v) is 2.72. The Morgan fingerprint density at radius 2 is 2.00 bits per heavy atom. The molecule has 0 aromatic heterocycles. The van der Waals surface area contributed by atoms with Crippen LogP contribution < -0.4 is 5.73 Å². The Bertz CT molecular complexity index is 491. The van der Waals surface area contributed by atoms with E-state index >= 15 is 0 Å². The average molecular weight is 340 g/mol. The first kappa shape index (κ1) is 12.8. The summed E-state index contributed by atoms with van der Waals surface area (Å²) in [5.74, 6) is -1.05. The van der Waals surface area contributed by atoms with Crippen LogP contribution in [0, 0.1) is 14.9 Å². The number of alkyl halides is 3. The Kier molecular flexibility index (Phi) is 3.42. The van der Waals surface area contributed by atoms with Crippen molar-refractivity contribution in [3.63, 3.8) is 0 Å². The molecule has 0 spiro atoms. The topological polar surface area (TPSA) is 66.9 Å². The Labute approximate surface area is 102 Å². The number of rotatable bonds is 1. The van der Waals surface area contributed by atoms with Crippen LogP contribution in [0.4, 0.5) is 13.2 Å². The van der Waals surface area contributed by atoms with Crippen LogP contribution in [-0.4, -0.2) is 5.91 Å². The van der Waals surface area contributed by atoms with Crippen molar-refractivity contribution in [2.45, 2.75) is 6.18 Å². The zero-order valence-electron chi connectivity index (χ0n) is 7.60. The number of halogens is 4. The van der Waals surface area contributed by atoms with Crippen molar-refractivity contribution < 1.29 is 18.0 Å². The first-order valence-electron chi connectivity index (χ1n) is 3.88. The molecule has 1 amide bonds. The molecule has 84 valence electrons. The van der Waals surface area contributed by atoms with Crippen molar-refractivity contribution in [2.24, 2.45) is 5.73 Å². The van der Waals surface area contributed by atoms with Gasteiger partial charge < -0.3 is 5.73 Å². The standard InChI is InChI=1S/C9H4F3IN2O/c10-9(11,12)5-1-2-6(13)7(8(15)16)4(5)3-14/h1-2H,(H2,15,16). The van der Waals surface area contributed by atoms with E-state index < -0.39 is 28.8 Å². The Morgan fingerprint density at radius 1 is 1.44 bits per heavy atom. The van der Waals surface area contributed by atoms with E-state index in [1.54, 1.807) is 22.6 Å². The lowest BCUT2D eigenvalue weighted by Gasteiger charge is -2.11. The molecule has 0 unspecified atom stereocenters. The molecule has 2 N–H and O–H groups in total. The molecular formula is C9H4F3IN2O. The predicted molar refractivity (Wildman–Crippen MR) is 57.4 cm³/mol. The van der Waals surface area contributed by atoms with Gasteiger partial charge in [0.1, 0.15) is 6.07 Å². The van der Waals surface area contributed by atoms with Crippen LogP contribution in [0.2, 0.25) is 0 Å². The summed E-state index contributed by atoms with van der Waals surface area (Å²) in [5.41, 5.74) is 2.67. The van der Waals surface area contributed by atoms with E-state index in [2.05, 4.69) is 0 Å². The summed E-state index contributed by atoms with van der Waals surface area (Å²) in [6.07, 6.45) is -4.68. The second-order valence-electron chi connectivity index (χ2n) is 2.82. The van der Waals surface area contributed by atoms with Crippen LogP contribution in [0.25, 0.3) is 0 Å². The molecule has 0 bridgehead atoms. The molecule has 1 rings (SSSR count). The maximum Gasteiger partial charge on any atom is 0.417 e. The zero-order valence-corrected chi connectivity index (χ0v) is 9.76. The maximum absolute atomic E-state index is 12.5. The third-order valence-electron chi connectivity index (χ3n) is 1.82. The van der Waals surface area contributed by atoms with Gasteiger partial charge in [-0.25, -0.2) is 0 Å². The predicted octanol–water partition coefficient (Wildman–Crippen LogP) is 2.28. The van der Waals surface area contributed by atoms with Crippen molar-refractivity contribution in [3.8, 4) is 6.07 Å². The molecule has 0 saturated carbocycles.